The third-order valence-corrected chi connectivity index (χ3v) is 1.59. The van der Waals surface area contributed by atoms with Gasteiger partial charge in [0.1, 0.15) is 0 Å². The van der Waals surface area contributed by atoms with Gasteiger partial charge in [0.2, 0.25) is 0 Å². The molecule has 68 valence electrons. The topological polar surface area (TPSA) is 49.7 Å². The molecule has 0 aromatic rings. The van der Waals surface area contributed by atoms with E-state index in [-0.39, 0.29) is 0 Å². The first-order valence-electron chi connectivity index (χ1n) is 3.82. The van der Waals surface area contributed by atoms with E-state index >= 15 is 0 Å². The SMILES string of the molecule is CC(C)(O)CCC(C)(C)OO. The second kappa shape index (κ2) is 3.52. The van der Waals surface area contributed by atoms with Crippen LogP contribution < -0.4 is 0 Å². The van der Waals surface area contributed by atoms with Crippen LogP contribution in [0.3, 0.4) is 0 Å². The summed E-state index contributed by atoms with van der Waals surface area (Å²) >= 11 is 0. The van der Waals surface area contributed by atoms with E-state index in [0.717, 1.165) is 0 Å². The standard InChI is InChI=1S/C8H18O3/c1-7(2,9)5-6-8(3,4)11-10/h9-10H,5-6H2,1-4H3. The Labute approximate surface area is 67.9 Å². The van der Waals surface area contributed by atoms with E-state index in [9.17, 15) is 5.11 Å². The van der Waals surface area contributed by atoms with Crippen molar-refractivity contribution in [3.63, 3.8) is 0 Å². The van der Waals surface area contributed by atoms with Crippen molar-refractivity contribution in [3.05, 3.63) is 0 Å². The number of hydrogen-bond donors (Lipinski definition) is 2. The number of aliphatic hydroxyl groups is 1. The fourth-order valence-corrected chi connectivity index (χ4v) is 0.653. The summed E-state index contributed by atoms with van der Waals surface area (Å²) in [6.45, 7) is 7.03. The van der Waals surface area contributed by atoms with Crippen molar-refractivity contribution in [2.75, 3.05) is 0 Å². The highest BCUT2D eigenvalue weighted by molar-refractivity contribution is 4.73. The van der Waals surface area contributed by atoms with E-state index in [4.69, 9.17) is 5.26 Å². The third-order valence-electron chi connectivity index (χ3n) is 1.59. The van der Waals surface area contributed by atoms with Gasteiger partial charge in [-0.05, 0) is 40.5 Å². The fourth-order valence-electron chi connectivity index (χ4n) is 0.653. The Morgan fingerprint density at radius 3 is 1.82 bits per heavy atom. The molecule has 0 aromatic heterocycles. The molecule has 3 heteroatoms. The van der Waals surface area contributed by atoms with E-state index in [0.29, 0.717) is 12.8 Å². The molecule has 0 heterocycles. The highest BCUT2D eigenvalue weighted by Crippen LogP contribution is 2.20. The molecule has 2 N–H and O–H groups in total. The lowest BCUT2D eigenvalue weighted by Gasteiger charge is -2.24. The molecule has 0 amide bonds. The Morgan fingerprint density at radius 2 is 1.55 bits per heavy atom. The van der Waals surface area contributed by atoms with E-state index in [1.807, 2.05) is 0 Å². The van der Waals surface area contributed by atoms with Gasteiger partial charge in [0.25, 0.3) is 0 Å². The first-order chi connectivity index (χ1) is 4.77. The van der Waals surface area contributed by atoms with Crippen LogP contribution in [-0.2, 0) is 4.89 Å². The van der Waals surface area contributed by atoms with Crippen molar-refractivity contribution in [3.8, 4) is 0 Å². The molecule has 0 atom stereocenters. The van der Waals surface area contributed by atoms with Gasteiger partial charge in [-0.1, -0.05) is 0 Å². The molecule has 0 aromatic carbocycles. The molecule has 3 nitrogen and oxygen atoms in total. The quantitative estimate of drug-likeness (QED) is 0.489. The zero-order valence-electron chi connectivity index (χ0n) is 7.72. The smallest absolute Gasteiger partial charge is 0.0978 e. The summed E-state index contributed by atoms with van der Waals surface area (Å²) in [6, 6.07) is 0. The van der Waals surface area contributed by atoms with Gasteiger partial charge in [-0.3, -0.25) is 5.26 Å². The summed E-state index contributed by atoms with van der Waals surface area (Å²) in [6.07, 6.45) is 1.24. The lowest BCUT2D eigenvalue weighted by atomic mass is 9.94. The maximum Gasteiger partial charge on any atom is 0.0978 e. The van der Waals surface area contributed by atoms with Gasteiger partial charge in [0.15, 0.2) is 0 Å². The van der Waals surface area contributed by atoms with Gasteiger partial charge in [-0.25, -0.2) is 4.89 Å². The Kier molecular flexibility index (Phi) is 3.48. The van der Waals surface area contributed by atoms with E-state index < -0.39 is 11.2 Å². The zero-order valence-corrected chi connectivity index (χ0v) is 7.72. The molecule has 0 rings (SSSR count). The number of hydrogen-bond acceptors (Lipinski definition) is 3. The van der Waals surface area contributed by atoms with E-state index in [1.54, 1.807) is 27.7 Å². The monoisotopic (exact) mass is 162 g/mol. The lowest BCUT2D eigenvalue weighted by Crippen LogP contribution is -2.28. The van der Waals surface area contributed by atoms with Crippen molar-refractivity contribution in [1.29, 1.82) is 0 Å². The molecule has 0 aliphatic heterocycles. The van der Waals surface area contributed by atoms with Gasteiger partial charge in [-0.2, -0.15) is 0 Å². The molecule has 0 aliphatic carbocycles. The molecule has 0 unspecified atom stereocenters. The first-order valence-corrected chi connectivity index (χ1v) is 3.82. The Balaban J connectivity index is 3.70. The van der Waals surface area contributed by atoms with Crippen LogP contribution in [0.15, 0.2) is 0 Å². The average molecular weight is 162 g/mol. The van der Waals surface area contributed by atoms with Crippen LogP contribution in [-0.4, -0.2) is 21.6 Å². The highest BCUT2D eigenvalue weighted by Gasteiger charge is 2.23. The minimum absolute atomic E-state index is 0.556. The van der Waals surface area contributed by atoms with Crippen LogP contribution in [0, 0.1) is 0 Å². The minimum Gasteiger partial charge on any atom is -0.390 e. The average Bonchev–Trinajstić information content (AvgIpc) is 1.83. The maximum absolute atomic E-state index is 9.34. The van der Waals surface area contributed by atoms with Crippen LogP contribution in [0.5, 0.6) is 0 Å². The second-order valence-electron chi connectivity index (χ2n) is 4.16. The summed E-state index contributed by atoms with van der Waals surface area (Å²) in [5.41, 5.74) is -1.24. The van der Waals surface area contributed by atoms with Crippen LogP contribution >= 0.6 is 0 Å². The normalized spacial score (nSPS) is 13.6. The molecule has 0 saturated heterocycles. The molecule has 0 aliphatic rings. The molecule has 0 spiro atoms. The van der Waals surface area contributed by atoms with Gasteiger partial charge in [-0.15, -0.1) is 0 Å². The molecule has 11 heavy (non-hydrogen) atoms. The summed E-state index contributed by atoms with van der Waals surface area (Å²) in [5, 5.41) is 17.7. The van der Waals surface area contributed by atoms with Gasteiger partial charge < -0.3 is 5.11 Å². The summed E-state index contributed by atoms with van der Waals surface area (Å²) in [5.74, 6) is 0. The molecular weight excluding hydrogens is 144 g/mol. The van der Waals surface area contributed by atoms with E-state index in [2.05, 4.69) is 4.89 Å². The van der Waals surface area contributed by atoms with Crippen molar-refractivity contribution in [2.24, 2.45) is 0 Å². The Bertz CT molecular complexity index is 113. The fraction of sp³-hybridized carbons (Fsp3) is 1.00. The lowest BCUT2D eigenvalue weighted by molar-refractivity contribution is -0.315. The van der Waals surface area contributed by atoms with Crippen molar-refractivity contribution < 1.29 is 15.3 Å². The molecule has 0 saturated carbocycles. The second-order valence-corrected chi connectivity index (χ2v) is 4.16. The summed E-state index contributed by atoms with van der Waals surface area (Å²) < 4.78 is 0. The molecule has 0 bridgehead atoms. The van der Waals surface area contributed by atoms with Gasteiger partial charge in [0, 0.05) is 0 Å². The van der Waals surface area contributed by atoms with Crippen LogP contribution in [0.2, 0.25) is 0 Å². The van der Waals surface area contributed by atoms with Crippen LogP contribution in [0.4, 0.5) is 0 Å². The van der Waals surface area contributed by atoms with Crippen molar-refractivity contribution in [1.82, 2.24) is 0 Å². The van der Waals surface area contributed by atoms with Gasteiger partial charge >= 0.3 is 0 Å². The first kappa shape index (κ1) is 10.9. The van der Waals surface area contributed by atoms with Crippen LogP contribution in [0.1, 0.15) is 40.5 Å². The van der Waals surface area contributed by atoms with E-state index in [1.165, 1.54) is 0 Å². The molecular formula is C8H18O3. The van der Waals surface area contributed by atoms with Crippen molar-refractivity contribution in [2.45, 2.75) is 51.7 Å². The highest BCUT2D eigenvalue weighted by atomic mass is 17.1. The Hall–Kier alpha value is -0.120. The predicted molar refractivity (Wildman–Crippen MR) is 43.3 cm³/mol. The number of rotatable bonds is 4. The summed E-state index contributed by atoms with van der Waals surface area (Å²) in [4.78, 5) is 4.22. The van der Waals surface area contributed by atoms with Gasteiger partial charge in [0.05, 0.1) is 11.2 Å². The van der Waals surface area contributed by atoms with Crippen molar-refractivity contribution >= 4 is 0 Å². The third kappa shape index (κ3) is 6.28. The maximum atomic E-state index is 9.34. The van der Waals surface area contributed by atoms with Crippen LogP contribution in [0.25, 0.3) is 0 Å². The predicted octanol–water partition coefficient (Wildman–Crippen LogP) is 1.81. The zero-order chi connectivity index (χ0) is 9.12. The Morgan fingerprint density at radius 1 is 1.09 bits per heavy atom. The largest absolute Gasteiger partial charge is 0.390 e. The summed E-state index contributed by atoms with van der Waals surface area (Å²) in [7, 11) is 0. The minimum atomic E-state index is -0.685. The molecule has 0 fully saturated rings. The molecule has 0 radical (unpaired) electrons.